The van der Waals surface area contributed by atoms with Crippen LogP contribution in [0.3, 0.4) is 0 Å². The van der Waals surface area contributed by atoms with Crippen LogP contribution in [0.2, 0.25) is 0 Å². The molecule has 0 bridgehead atoms. The van der Waals surface area contributed by atoms with Gasteiger partial charge in [0.05, 0.1) is 12.5 Å². The van der Waals surface area contributed by atoms with Gasteiger partial charge in [0.15, 0.2) is 0 Å². The molecule has 0 radical (unpaired) electrons. The van der Waals surface area contributed by atoms with Crippen molar-refractivity contribution in [2.75, 3.05) is 20.2 Å². The van der Waals surface area contributed by atoms with Crippen molar-refractivity contribution in [3.63, 3.8) is 0 Å². The second-order valence-corrected chi connectivity index (χ2v) is 6.22. The second kappa shape index (κ2) is 5.57. The smallest absolute Gasteiger partial charge is 0.313 e. The zero-order valence-corrected chi connectivity index (χ0v) is 12.2. The van der Waals surface area contributed by atoms with Crippen molar-refractivity contribution in [1.29, 1.82) is 0 Å². The molecule has 3 rings (SSSR count). The highest BCUT2D eigenvalue weighted by molar-refractivity contribution is 5.78. The molecule has 1 saturated carbocycles. The summed E-state index contributed by atoms with van der Waals surface area (Å²) in [5, 5.41) is 0. The minimum atomic E-state index is -0.234. The van der Waals surface area contributed by atoms with Crippen molar-refractivity contribution in [1.82, 2.24) is 4.90 Å². The predicted molar refractivity (Wildman–Crippen MR) is 78.1 cm³/mol. The van der Waals surface area contributed by atoms with Gasteiger partial charge in [0.25, 0.3) is 0 Å². The minimum Gasteiger partial charge on any atom is -0.469 e. The van der Waals surface area contributed by atoms with Crippen molar-refractivity contribution < 1.29 is 9.53 Å². The number of piperidine rings is 1. The molecule has 0 spiro atoms. The Labute approximate surface area is 120 Å². The number of carbonyl (C=O) groups excluding carboxylic acids is 1. The molecule has 0 aromatic heterocycles. The van der Waals surface area contributed by atoms with Crippen LogP contribution in [0.4, 0.5) is 0 Å². The van der Waals surface area contributed by atoms with E-state index in [1.807, 2.05) is 6.07 Å². The van der Waals surface area contributed by atoms with Crippen LogP contribution in [-0.2, 0) is 16.1 Å². The monoisotopic (exact) mass is 273 g/mol. The largest absolute Gasteiger partial charge is 0.469 e. The van der Waals surface area contributed by atoms with Crippen LogP contribution in [0.1, 0.15) is 31.2 Å². The summed E-state index contributed by atoms with van der Waals surface area (Å²) >= 11 is 0. The van der Waals surface area contributed by atoms with Crippen LogP contribution in [-0.4, -0.2) is 31.1 Å². The molecule has 2 unspecified atom stereocenters. The normalized spacial score (nSPS) is 29.9. The zero-order chi connectivity index (χ0) is 14.0. The van der Waals surface area contributed by atoms with Crippen LogP contribution in [0.15, 0.2) is 30.3 Å². The highest BCUT2D eigenvalue weighted by atomic mass is 16.5. The van der Waals surface area contributed by atoms with Crippen LogP contribution >= 0.6 is 0 Å². The Kier molecular flexibility index (Phi) is 3.79. The maximum atomic E-state index is 12.3. The van der Waals surface area contributed by atoms with Gasteiger partial charge in [-0.05, 0) is 37.3 Å². The summed E-state index contributed by atoms with van der Waals surface area (Å²) in [6, 6.07) is 10.5. The van der Waals surface area contributed by atoms with E-state index in [9.17, 15) is 4.79 Å². The van der Waals surface area contributed by atoms with Crippen molar-refractivity contribution in [2.45, 2.75) is 32.2 Å². The van der Waals surface area contributed by atoms with Gasteiger partial charge in [-0.2, -0.15) is 0 Å². The number of nitrogens with zero attached hydrogens (tertiary/aromatic N) is 1. The molecule has 0 N–H and O–H groups in total. The van der Waals surface area contributed by atoms with Crippen LogP contribution in [0.25, 0.3) is 0 Å². The molecule has 1 aliphatic carbocycles. The molecule has 1 heterocycles. The first-order valence-electron chi connectivity index (χ1n) is 7.59. The van der Waals surface area contributed by atoms with E-state index in [2.05, 4.69) is 29.2 Å². The van der Waals surface area contributed by atoms with E-state index in [4.69, 9.17) is 4.74 Å². The average Bonchev–Trinajstić information content (AvgIpc) is 2.91. The summed E-state index contributed by atoms with van der Waals surface area (Å²) in [4.78, 5) is 14.7. The highest BCUT2D eigenvalue weighted by Crippen LogP contribution is 2.49. The van der Waals surface area contributed by atoms with Gasteiger partial charge in [0, 0.05) is 13.1 Å². The van der Waals surface area contributed by atoms with Crippen LogP contribution in [0.5, 0.6) is 0 Å². The minimum absolute atomic E-state index is 0.0118. The standard InChI is InChI=1S/C17H23NO2/c1-20-16(19)17-10-5-8-15(17)9-11-18(13-17)12-14-6-3-2-4-7-14/h2-4,6-7,15H,5,8-13H2,1H3. The van der Waals surface area contributed by atoms with Gasteiger partial charge in [-0.1, -0.05) is 36.8 Å². The van der Waals surface area contributed by atoms with Crippen molar-refractivity contribution in [3.05, 3.63) is 35.9 Å². The number of hydrogen-bond acceptors (Lipinski definition) is 3. The average molecular weight is 273 g/mol. The summed E-state index contributed by atoms with van der Waals surface area (Å²) in [6.07, 6.45) is 4.48. The van der Waals surface area contributed by atoms with Gasteiger partial charge in [0.2, 0.25) is 0 Å². The number of hydrogen-bond donors (Lipinski definition) is 0. The molecule has 1 saturated heterocycles. The Morgan fingerprint density at radius 1 is 1.35 bits per heavy atom. The number of carbonyl (C=O) groups is 1. The van der Waals surface area contributed by atoms with Gasteiger partial charge in [-0.3, -0.25) is 9.69 Å². The molecule has 2 fully saturated rings. The first-order valence-corrected chi connectivity index (χ1v) is 7.59. The molecule has 108 valence electrons. The van der Waals surface area contributed by atoms with Crippen LogP contribution < -0.4 is 0 Å². The van der Waals surface area contributed by atoms with E-state index in [0.717, 1.165) is 32.5 Å². The Bertz CT molecular complexity index is 473. The van der Waals surface area contributed by atoms with E-state index in [1.54, 1.807) is 0 Å². The van der Waals surface area contributed by atoms with Gasteiger partial charge < -0.3 is 4.74 Å². The third kappa shape index (κ3) is 2.35. The van der Waals surface area contributed by atoms with E-state index in [0.29, 0.717) is 5.92 Å². The van der Waals surface area contributed by atoms with E-state index >= 15 is 0 Å². The molecule has 1 aromatic rings. The van der Waals surface area contributed by atoms with Gasteiger partial charge in [0.1, 0.15) is 0 Å². The van der Waals surface area contributed by atoms with Gasteiger partial charge in [-0.25, -0.2) is 0 Å². The summed E-state index contributed by atoms with van der Waals surface area (Å²) in [6.45, 7) is 2.89. The number of ether oxygens (including phenoxy) is 1. The SMILES string of the molecule is COC(=O)C12CCCC1CCN(Cc1ccccc1)C2. The van der Waals surface area contributed by atoms with Crippen molar-refractivity contribution >= 4 is 5.97 Å². The summed E-state index contributed by atoms with van der Waals surface area (Å²) in [5.41, 5.74) is 1.09. The molecular weight excluding hydrogens is 250 g/mol. The molecular formula is C17H23NO2. The van der Waals surface area contributed by atoms with Gasteiger partial charge >= 0.3 is 5.97 Å². The van der Waals surface area contributed by atoms with E-state index in [1.165, 1.54) is 25.5 Å². The van der Waals surface area contributed by atoms with E-state index < -0.39 is 0 Å². The Balaban J connectivity index is 1.75. The lowest BCUT2D eigenvalue weighted by Gasteiger charge is -2.42. The molecule has 3 nitrogen and oxygen atoms in total. The molecule has 2 atom stereocenters. The summed E-state index contributed by atoms with van der Waals surface area (Å²) in [5.74, 6) is 0.541. The van der Waals surface area contributed by atoms with Gasteiger partial charge in [-0.15, -0.1) is 0 Å². The first-order chi connectivity index (χ1) is 9.74. The quantitative estimate of drug-likeness (QED) is 0.793. The Hall–Kier alpha value is -1.35. The lowest BCUT2D eigenvalue weighted by Crippen LogP contribution is -2.50. The fourth-order valence-electron chi connectivity index (χ4n) is 4.10. The third-order valence-electron chi connectivity index (χ3n) is 5.10. The second-order valence-electron chi connectivity index (χ2n) is 6.22. The van der Waals surface area contributed by atoms with E-state index in [-0.39, 0.29) is 11.4 Å². The third-order valence-corrected chi connectivity index (χ3v) is 5.10. The summed E-state index contributed by atoms with van der Waals surface area (Å²) in [7, 11) is 1.53. The molecule has 20 heavy (non-hydrogen) atoms. The number of benzene rings is 1. The highest BCUT2D eigenvalue weighted by Gasteiger charge is 2.52. The number of rotatable bonds is 3. The Morgan fingerprint density at radius 2 is 2.15 bits per heavy atom. The number of fused-ring (bicyclic) bond motifs is 1. The number of esters is 1. The molecule has 1 aromatic carbocycles. The zero-order valence-electron chi connectivity index (χ0n) is 12.2. The fraction of sp³-hybridized carbons (Fsp3) is 0.588. The molecule has 2 aliphatic rings. The maximum absolute atomic E-state index is 12.3. The Morgan fingerprint density at radius 3 is 2.90 bits per heavy atom. The van der Waals surface area contributed by atoms with Crippen molar-refractivity contribution in [2.24, 2.45) is 11.3 Å². The maximum Gasteiger partial charge on any atom is 0.313 e. The van der Waals surface area contributed by atoms with Crippen LogP contribution in [0, 0.1) is 11.3 Å². The number of methoxy groups -OCH3 is 1. The fourth-order valence-corrected chi connectivity index (χ4v) is 4.10. The predicted octanol–water partition coefficient (Wildman–Crippen LogP) is 2.85. The molecule has 1 aliphatic heterocycles. The number of likely N-dealkylation sites (tertiary alicyclic amines) is 1. The molecule has 0 amide bonds. The molecule has 3 heteroatoms. The summed E-state index contributed by atoms with van der Waals surface area (Å²) < 4.78 is 5.13. The lowest BCUT2D eigenvalue weighted by atomic mass is 9.73. The topological polar surface area (TPSA) is 29.5 Å². The van der Waals surface area contributed by atoms with Crippen molar-refractivity contribution in [3.8, 4) is 0 Å². The lowest BCUT2D eigenvalue weighted by molar-refractivity contribution is -0.159. The first kappa shape index (κ1) is 13.6.